The molecule has 1 fully saturated rings. The first-order valence-electron chi connectivity index (χ1n) is 5.32. The molecule has 1 aliphatic heterocycles. The zero-order chi connectivity index (χ0) is 10.8. The maximum atomic E-state index is 11.8. The van der Waals surface area contributed by atoms with E-state index in [2.05, 4.69) is 0 Å². The van der Waals surface area contributed by atoms with Gasteiger partial charge >= 0.3 is 0 Å². The van der Waals surface area contributed by atoms with Gasteiger partial charge in [0, 0.05) is 25.4 Å². The summed E-state index contributed by atoms with van der Waals surface area (Å²) in [5, 5.41) is 0. The van der Waals surface area contributed by atoms with Gasteiger partial charge in [0.25, 0.3) is 5.91 Å². The van der Waals surface area contributed by atoms with E-state index >= 15 is 0 Å². The quantitative estimate of drug-likeness (QED) is 0.802. The highest BCUT2D eigenvalue weighted by molar-refractivity contribution is 5.92. The summed E-state index contributed by atoms with van der Waals surface area (Å²) in [4.78, 5) is 13.6. The number of amides is 1. The van der Waals surface area contributed by atoms with Crippen LogP contribution in [-0.2, 0) is 6.42 Å². The third-order valence-electron chi connectivity index (χ3n) is 2.80. The highest BCUT2D eigenvalue weighted by atomic mass is 16.4. The number of likely N-dealkylation sites (tertiary alicyclic amines) is 1. The maximum Gasteiger partial charge on any atom is 0.289 e. The van der Waals surface area contributed by atoms with Crippen molar-refractivity contribution in [1.29, 1.82) is 0 Å². The molecular weight excluding hydrogens is 192 g/mol. The van der Waals surface area contributed by atoms with Crippen LogP contribution < -0.4 is 5.73 Å². The second-order valence-corrected chi connectivity index (χ2v) is 3.93. The minimum absolute atomic E-state index is 0.0144. The number of carbonyl (C=O) groups is 1. The first-order valence-corrected chi connectivity index (χ1v) is 5.32. The van der Waals surface area contributed by atoms with Gasteiger partial charge in [-0.2, -0.15) is 0 Å². The van der Waals surface area contributed by atoms with Crippen molar-refractivity contribution in [2.45, 2.75) is 13.3 Å². The molecule has 1 aliphatic rings. The molecule has 0 saturated carbocycles. The number of hydrogen-bond donors (Lipinski definition) is 1. The molecule has 0 bridgehead atoms. The lowest BCUT2D eigenvalue weighted by atomic mass is 10.0. The highest BCUT2D eigenvalue weighted by Gasteiger charge is 2.31. The molecule has 2 N–H and O–H groups in total. The van der Waals surface area contributed by atoms with E-state index in [1.807, 2.05) is 13.0 Å². The van der Waals surface area contributed by atoms with Crippen molar-refractivity contribution in [1.82, 2.24) is 4.90 Å². The molecule has 1 aromatic rings. The lowest BCUT2D eigenvalue weighted by Gasteiger charge is -2.37. The number of nitrogens with zero attached hydrogens (tertiary/aromatic N) is 1. The smallest absolute Gasteiger partial charge is 0.289 e. The number of aryl methyl sites for hydroxylation is 1. The fourth-order valence-corrected chi connectivity index (χ4v) is 1.72. The highest BCUT2D eigenvalue weighted by Crippen LogP contribution is 2.19. The minimum Gasteiger partial charge on any atom is -0.456 e. The number of rotatable bonds is 3. The molecule has 2 heterocycles. The van der Waals surface area contributed by atoms with Crippen molar-refractivity contribution < 1.29 is 9.21 Å². The zero-order valence-electron chi connectivity index (χ0n) is 8.90. The Balaban J connectivity index is 1.97. The van der Waals surface area contributed by atoms with Gasteiger partial charge in [-0.1, -0.05) is 6.92 Å². The van der Waals surface area contributed by atoms with Gasteiger partial charge in [-0.05, 0) is 18.7 Å². The maximum absolute atomic E-state index is 11.8. The van der Waals surface area contributed by atoms with Crippen molar-refractivity contribution in [2.24, 2.45) is 11.7 Å². The Labute approximate surface area is 89.0 Å². The van der Waals surface area contributed by atoms with Crippen LogP contribution in [0.15, 0.2) is 16.5 Å². The second-order valence-electron chi connectivity index (χ2n) is 3.93. The van der Waals surface area contributed by atoms with E-state index in [0.717, 1.165) is 25.3 Å². The number of nitrogens with two attached hydrogens (primary N) is 1. The summed E-state index contributed by atoms with van der Waals surface area (Å²) in [6.45, 7) is 4.18. The first kappa shape index (κ1) is 10.2. The minimum atomic E-state index is -0.0144. The van der Waals surface area contributed by atoms with E-state index < -0.39 is 0 Å². The standard InChI is InChI=1S/C11H16N2O2/c1-2-9-3-4-10(15-9)11(14)13-6-8(5-12)7-13/h3-4,8H,2,5-7,12H2,1H3. The lowest BCUT2D eigenvalue weighted by Crippen LogP contribution is -2.52. The summed E-state index contributed by atoms with van der Waals surface area (Å²) < 4.78 is 5.40. The van der Waals surface area contributed by atoms with Crippen LogP contribution in [0.2, 0.25) is 0 Å². The largest absolute Gasteiger partial charge is 0.456 e. The van der Waals surface area contributed by atoms with Gasteiger partial charge in [-0.25, -0.2) is 0 Å². The van der Waals surface area contributed by atoms with Crippen LogP contribution in [0.1, 0.15) is 23.2 Å². The van der Waals surface area contributed by atoms with Crippen molar-refractivity contribution in [2.75, 3.05) is 19.6 Å². The van der Waals surface area contributed by atoms with Crippen LogP contribution in [0.25, 0.3) is 0 Å². The van der Waals surface area contributed by atoms with Gasteiger partial charge in [0.1, 0.15) is 5.76 Å². The Hall–Kier alpha value is -1.29. The Morgan fingerprint density at radius 3 is 2.87 bits per heavy atom. The predicted molar refractivity (Wildman–Crippen MR) is 56.5 cm³/mol. The predicted octanol–water partition coefficient (Wildman–Crippen LogP) is 0.873. The molecule has 0 aliphatic carbocycles. The summed E-state index contributed by atoms with van der Waals surface area (Å²) >= 11 is 0. The third kappa shape index (κ3) is 1.90. The average Bonchev–Trinajstić information content (AvgIpc) is 2.64. The molecule has 4 heteroatoms. The number of furan rings is 1. The van der Waals surface area contributed by atoms with Crippen LogP contribution in [0.4, 0.5) is 0 Å². The molecule has 2 rings (SSSR count). The third-order valence-corrected chi connectivity index (χ3v) is 2.80. The fraction of sp³-hybridized carbons (Fsp3) is 0.545. The second kappa shape index (κ2) is 4.06. The van der Waals surface area contributed by atoms with Gasteiger partial charge in [0.05, 0.1) is 0 Å². The molecule has 0 atom stereocenters. The van der Waals surface area contributed by atoms with Crippen molar-refractivity contribution >= 4 is 5.91 Å². The molecule has 15 heavy (non-hydrogen) atoms. The average molecular weight is 208 g/mol. The van der Waals surface area contributed by atoms with E-state index in [4.69, 9.17) is 10.2 Å². The molecule has 0 spiro atoms. The normalized spacial score (nSPS) is 16.5. The number of carbonyl (C=O) groups excluding carboxylic acids is 1. The van der Waals surface area contributed by atoms with Crippen LogP contribution in [0.3, 0.4) is 0 Å². The van der Waals surface area contributed by atoms with E-state index in [1.54, 1.807) is 11.0 Å². The Bertz CT molecular complexity index is 353. The van der Waals surface area contributed by atoms with Gasteiger partial charge in [-0.3, -0.25) is 4.79 Å². The molecule has 82 valence electrons. The van der Waals surface area contributed by atoms with Crippen molar-refractivity contribution in [3.05, 3.63) is 23.7 Å². The van der Waals surface area contributed by atoms with Gasteiger partial charge < -0.3 is 15.1 Å². The van der Waals surface area contributed by atoms with Crippen molar-refractivity contribution in [3.63, 3.8) is 0 Å². The molecule has 1 aromatic heterocycles. The molecular formula is C11H16N2O2. The van der Waals surface area contributed by atoms with Crippen LogP contribution in [0, 0.1) is 5.92 Å². The van der Waals surface area contributed by atoms with E-state index in [-0.39, 0.29) is 5.91 Å². The van der Waals surface area contributed by atoms with E-state index in [0.29, 0.717) is 18.2 Å². The van der Waals surface area contributed by atoms with Crippen molar-refractivity contribution in [3.8, 4) is 0 Å². The molecule has 4 nitrogen and oxygen atoms in total. The summed E-state index contributed by atoms with van der Waals surface area (Å²) in [6, 6.07) is 3.60. The molecule has 1 amide bonds. The Morgan fingerprint density at radius 1 is 1.60 bits per heavy atom. The van der Waals surface area contributed by atoms with Crippen LogP contribution in [-0.4, -0.2) is 30.4 Å². The topological polar surface area (TPSA) is 59.5 Å². The van der Waals surface area contributed by atoms with Crippen LogP contribution in [0.5, 0.6) is 0 Å². The number of hydrogen-bond acceptors (Lipinski definition) is 3. The van der Waals surface area contributed by atoms with Gasteiger partial charge in [0.2, 0.25) is 0 Å². The van der Waals surface area contributed by atoms with Crippen LogP contribution >= 0.6 is 0 Å². The summed E-state index contributed by atoms with van der Waals surface area (Å²) in [5.41, 5.74) is 5.50. The summed E-state index contributed by atoms with van der Waals surface area (Å²) in [7, 11) is 0. The first-order chi connectivity index (χ1) is 7.24. The summed E-state index contributed by atoms with van der Waals surface area (Å²) in [5.74, 6) is 1.76. The van der Waals surface area contributed by atoms with Gasteiger partial charge in [-0.15, -0.1) is 0 Å². The SMILES string of the molecule is CCc1ccc(C(=O)N2CC(CN)C2)o1. The van der Waals surface area contributed by atoms with E-state index in [1.165, 1.54) is 0 Å². The van der Waals surface area contributed by atoms with E-state index in [9.17, 15) is 4.79 Å². The molecule has 0 unspecified atom stereocenters. The molecule has 1 saturated heterocycles. The Morgan fingerprint density at radius 2 is 2.33 bits per heavy atom. The monoisotopic (exact) mass is 208 g/mol. The van der Waals surface area contributed by atoms with Gasteiger partial charge in [0.15, 0.2) is 5.76 Å². The molecule has 0 aromatic carbocycles. The zero-order valence-corrected chi connectivity index (χ0v) is 8.90. The fourth-order valence-electron chi connectivity index (χ4n) is 1.72. The molecule has 0 radical (unpaired) electrons. The summed E-state index contributed by atoms with van der Waals surface area (Å²) in [6.07, 6.45) is 0.818. The Kier molecular flexibility index (Phi) is 2.77. The lowest BCUT2D eigenvalue weighted by molar-refractivity contribution is 0.0481.